The van der Waals surface area contributed by atoms with E-state index in [0.29, 0.717) is 12.3 Å². The van der Waals surface area contributed by atoms with Crippen LogP contribution < -0.4 is 5.32 Å². The van der Waals surface area contributed by atoms with Gasteiger partial charge in [-0.15, -0.1) is 0 Å². The van der Waals surface area contributed by atoms with Crippen LogP contribution in [0.1, 0.15) is 35.6 Å². The van der Waals surface area contributed by atoms with E-state index in [4.69, 9.17) is 9.52 Å². The van der Waals surface area contributed by atoms with Crippen molar-refractivity contribution in [2.75, 3.05) is 18.6 Å². The molecule has 96 valence electrons. The Balaban J connectivity index is 2.07. The van der Waals surface area contributed by atoms with E-state index in [1.807, 2.05) is 11.8 Å². The topological polar surface area (TPSA) is 62.5 Å². The van der Waals surface area contributed by atoms with E-state index < -0.39 is 5.97 Å². The Kier molecular flexibility index (Phi) is 6.81. The van der Waals surface area contributed by atoms with Crippen LogP contribution in [0.2, 0.25) is 0 Å². The summed E-state index contributed by atoms with van der Waals surface area (Å²) in [7, 11) is 0. The molecule has 0 fully saturated rings. The molecular formula is C12H19NO3S. The van der Waals surface area contributed by atoms with Crippen LogP contribution in [0, 0.1) is 0 Å². The molecule has 0 aliphatic heterocycles. The number of unbranched alkanes of at least 4 members (excludes halogenated alkanes) is 2. The molecule has 0 amide bonds. The molecular weight excluding hydrogens is 238 g/mol. The molecule has 1 aromatic heterocycles. The first-order valence-electron chi connectivity index (χ1n) is 5.75. The number of hydrogen-bond acceptors (Lipinski definition) is 4. The summed E-state index contributed by atoms with van der Waals surface area (Å²) in [4.78, 5) is 10.6. The molecule has 0 aliphatic rings. The highest BCUT2D eigenvalue weighted by Crippen LogP contribution is 2.07. The molecule has 0 unspecified atom stereocenters. The zero-order chi connectivity index (χ0) is 12.5. The van der Waals surface area contributed by atoms with Gasteiger partial charge in [0.2, 0.25) is 5.76 Å². The molecule has 0 aliphatic carbocycles. The van der Waals surface area contributed by atoms with E-state index in [1.165, 1.54) is 24.7 Å². The van der Waals surface area contributed by atoms with Gasteiger partial charge in [-0.05, 0) is 43.5 Å². The lowest BCUT2D eigenvalue weighted by Gasteiger charge is -2.02. The van der Waals surface area contributed by atoms with Crippen molar-refractivity contribution < 1.29 is 14.3 Å². The SMILES string of the molecule is CSCCCCCNCc1ccc(C(=O)O)o1. The molecule has 0 spiro atoms. The van der Waals surface area contributed by atoms with Gasteiger partial charge in [-0.1, -0.05) is 6.42 Å². The molecule has 0 aromatic carbocycles. The highest BCUT2D eigenvalue weighted by Gasteiger charge is 2.07. The van der Waals surface area contributed by atoms with E-state index >= 15 is 0 Å². The van der Waals surface area contributed by atoms with Gasteiger partial charge >= 0.3 is 5.97 Å². The van der Waals surface area contributed by atoms with Crippen molar-refractivity contribution in [3.05, 3.63) is 23.7 Å². The Morgan fingerprint density at radius 3 is 2.88 bits per heavy atom. The Morgan fingerprint density at radius 1 is 1.41 bits per heavy atom. The van der Waals surface area contributed by atoms with Gasteiger partial charge in [-0.2, -0.15) is 11.8 Å². The van der Waals surface area contributed by atoms with Crippen molar-refractivity contribution in [2.45, 2.75) is 25.8 Å². The zero-order valence-electron chi connectivity index (χ0n) is 10.1. The number of carboxylic acid groups (broad SMARTS) is 1. The summed E-state index contributed by atoms with van der Waals surface area (Å²) in [6.45, 7) is 1.54. The second-order valence-electron chi connectivity index (χ2n) is 3.80. The van der Waals surface area contributed by atoms with Crippen molar-refractivity contribution in [3.63, 3.8) is 0 Å². The molecule has 5 heteroatoms. The van der Waals surface area contributed by atoms with E-state index in [0.717, 1.165) is 13.0 Å². The van der Waals surface area contributed by atoms with Crippen LogP contribution in [0.25, 0.3) is 0 Å². The van der Waals surface area contributed by atoms with E-state index in [2.05, 4.69) is 11.6 Å². The van der Waals surface area contributed by atoms with Gasteiger partial charge in [0.1, 0.15) is 5.76 Å². The van der Waals surface area contributed by atoms with Crippen molar-refractivity contribution in [2.24, 2.45) is 0 Å². The van der Waals surface area contributed by atoms with E-state index in [1.54, 1.807) is 6.07 Å². The summed E-state index contributed by atoms with van der Waals surface area (Å²) in [6.07, 6.45) is 5.75. The number of thioether (sulfide) groups is 1. The number of aromatic carboxylic acids is 1. The largest absolute Gasteiger partial charge is 0.475 e. The fourth-order valence-corrected chi connectivity index (χ4v) is 1.97. The highest BCUT2D eigenvalue weighted by molar-refractivity contribution is 7.98. The highest BCUT2D eigenvalue weighted by atomic mass is 32.2. The summed E-state index contributed by atoms with van der Waals surface area (Å²) < 4.78 is 5.12. The number of nitrogens with one attached hydrogen (secondary N) is 1. The van der Waals surface area contributed by atoms with Crippen LogP contribution in [0.3, 0.4) is 0 Å². The molecule has 0 bridgehead atoms. The Bertz CT molecular complexity index is 338. The first kappa shape index (κ1) is 14.1. The second kappa shape index (κ2) is 8.20. The third kappa shape index (κ3) is 5.79. The maximum absolute atomic E-state index is 10.6. The molecule has 0 radical (unpaired) electrons. The van der Waals surface area contributed by atoms with Crippen molar-refractivity contribution >= 4 is 17.7 Å². The molecule has 1 heterocycles. The molecule has 0 saturated carbocycles. The predicted molar refractivity (Wildman–Crippen MR) is 69.6 cm³/mol. The minimum atomic E-state index is -1.02. The lowest BCUT2D eigenvalue weighted by atomic mass is 10.2. The average molecular weight is 257 g/mol. The number of carboxylic acids is 1. The third-order valence-electron chi connectivity index (χ3n) is 2.37. The summed E-state index contributed by atoms with van der Waals surface area (Å²) >= 11 is 1.88. The van der Waals surface area contributed by atoms with E-state index in [-0.39, 0.29) is 5.76 Å². The summed E-state index contributed by atoms with van der Waals surface area (Å²) in [5.41, 5.74) is 0. The normalized spacial score (nSPS) is 10.6. The maximum Gasteiger partial charge on any atom is 0.371 e. The van der Waals surface area contributed by atoms with Crippen molar-refractivity contribution in [3.8, 4) is 0 Å². The van der Waals surface area contributed by atoms with Crippen LogP contribution in [-0.2, 0) is 6.54 Å². The number of furan rings is 1. The lowest BCUT2D eigenvalue weighted by molar-refractivity contribution is 0.0660. The van der Waals surface area contributed by atoms with Gasteiger partial charge < -0.3 is 14.8 Å². The number of rotatable bonds is 9. The number of hydrogen-bond donors (Lipinski definition) is 2. The standard InChI is InChI=1S/C12H19NO3S/c1-17-8-4-2-3-7-13-9-10-5-6-11(16-10)12(14)15/h5-6,13H,2-4,7-9H2,1H3,(H,14,15). The molecule has 1 aromatic rings. The van der Waals surface area contributed by atoms with Gasteiger partial charge in [0.15, 0.2) is 0 Å². The van der Waals surface area contributed by atoms with Gasteiger partial charge in [0.05, 0.1) is 6.54 Å². The van der Waals surface area contributed by atoms with Crippen LogP contribution >= 0.6 is 11.8 Å². The molecule has 4 nitrogen and oxygen atoms in total. The minimum absolute atomic E-state index is 0.00164. The Labute approximate surface area is 106 Å². The molecule has 2 N–H and O–H groups in total. The zero-order valence-corrected chi connectivity index (χ0v) is 10.9. The first-order valence-corrected chi connectivity index (χ1v) is 7.15. The molecule has 1 rings (SSSR count). The number of carbonyl (C=O) groups is 1. The Hall–Kier alpha value is -0.940. The molecule has 17 heavy (non-hydrogen) atoms. The monoisotopic (exact) mass is 257 g/mol. The molecule has 0 saturated heterocycles. The molecule has 0 atom stereocenters. The minimum Gasteiger partial charge on any atom is -0.475 e. The fraction of sp³-hybridized carbons (Fsp3) is 0.583. The van der Waals surface area contributed by atoms with Crippen LogP contribution in [0.4, 0.5) is 0 Å². The summed E-state index contributed by atoms with van der Waals surface area (Å²) in [6, 6.07) is 3.18. The summed E-state index contributed by atoms with van der Waals surface area (Å²) in [5, 5.41) is 11.9. The van der Waals surface area contributed by atoms with Crippen LogP contribution in [0.5, 0.6) is 0 Å². The van der Waals surface area contributed by atoms with Crippen molar-refractivity contribution in [1.82, 2.24) is 5.32 Å². The van der Waals surface area contributed by atoms with E-state index in [9.17, 15) is 4.79 Å². The second-order valence-corrected chi connectivity index (χ2v) is 4.79. The third-order valence-corrected chi connectivity index (χ3v) is 3.07. The van der Waals surface area contributed by atoms with Gasteiger partial charge in [-0.25, -0.2) is 4.79 Å². The quantitative estimate of drug-likeness (QED) is 0.666. The van der Waals surface area contributed by atoms with Gasteiger partial charge in [-0.3, -0.25) is 0 Å². The van der Waals surface area contributed by atoms with Crippen LogP contribution in [-0.4, -0.2) is 29.6 Å². The smallest absolute Gasteiger partial charge is 0.371 e. The first-order chi connectivity index (χ1) is 8.24. The van der Waals surface area contributed by atoms with Crippen molar-refractivity contribution in [1.29, 1.82) is 0 Å². The summed E-state index contributed by atoms with van der Waals surface area (Å²) in [5.74, 6) is 0.877. The fourth-order valence-electron chi connectivity index (χ4n) is 1.47. The predicted octanol–water partition coefficient (Wildman–Crippen LogP) is 2.60. The van der Waals surface area contributed by atoms with Gasteiger partial charge in [0, 0.05) is 0 Å². The Morgan fingerprint density at radius 2 is 2.24 bits per heavy atom. The van der Waals surface area contributed by atoms with Crippen LogP contribution in [0.15, 0.2) is 16.5 Å². The lowest BCUT2D eigenvalue weighted by Crippen LogP contribution is -2.14. The van der Waals surface area contributed by atoms with Gasteiger partial charge in [0.25, 0.3) is 0 Å². The average Bonchev–Trinajstić information content (AvgIpc) is 2.77. The maximum atomic E-state index is 10.6.